The fraction of sp³-hybridized carbons (Fsp3) is 0.364. The van der Waals surface area contributed by atoms with Crippen molar-refractivity contribution in [3.8, 4) is 0 Å². The molecule has 1 aliphatic heterocycles. The summed E-state index contributed by atoms with van der Waals surface area (Å²) in [6, 6.07) is 0. The van der Waals surface area contributed by atoms with Crippen molar-refractivity contribution in [3.05, 3.63) is 35.8 Å². The number of ether oxygens (including phenoxy) is 1. The first-order valence-corrected chi connectivity index (χ1v) is 6.75. The van der Waals surface area contributed by atoms with E-state index in [0.29, 0.717) is 0 Å². The highest BCUT2D eigenvalue weighted by Gasteiger charge is 2.46. The Hall–Kier alpha value is -1.76. The highest BCUT2D eigenvalue weighted by Crippen LogP contribution is 2.35. The molecule has 2 atom stereocenters. The molecule has 0 saturated heterocycles. The molecule has 0 aromatic rings. The quantitative estimate of drug-likeness (QED) is 0.694. The minimum Gasteiger partial charge on any atom is -0.509 e. The molecule has 0 aromatic carbocycles. The van der Waals surface area contributed by atoms with Gasteiger partial charge in [0.1, 0.15) is 11.0 Å². The minimum absolute atomic E-state index is 0.287. The van der Waals surface area contributed by atoms with E-state index < -0.39 is 27.2 Å². The Kier molecular flexibility index (Phi) is 2.94. The fourth-order valence-corrected chi connectivity index (χ4v) is 3.74. The van der Waals surface area contributed by atoms with E-state index in [4.69, 9.17) is 0 Å². The van der Waals surface area contributed by atoms with E-state index >= 15 is 0 Å². The summed E-state index contributed by atoms with van der Waals surface area (Å²) in [5.41, 5.74) is -0.335. The van der Waals surface area contributed by atoms with E-state index in [1.807, 2.05) is 0 Å². The molecule has 7 heteroatoms. The number of aliphatic hydroxyl groups is 1. The molecule has 0 radical (unpaired) electrons. The molecule has 0 aromatic heterocycles. The number of hydrogen-bond donors (Lipinski definition) is 1. The minimum atomic E-state index is -3.72. The second-order valence-electron chi connectivity index (χ2n) is 4.00. The molecule has 0 bridgehead atoms. The Bertz CT molecular complexity index is 572. The SMILES string of the molecule is COC(=O)C1=C(O)[C@H]2C=CC=C[C@H]2S(=O)(=O)N1C. The number of carbonyl (C=O) groups is 1. The second-order valence-corrected chi connectivity index (χ2v) is 6.12. The van der Waals surface area contributed by atoms with Crippen LogP contribution in [0.4, 0.5) is 0 Å². The maximum Gasteiger partial charge on any atom is 0.358 e. The predicted octanol–water partition coefficient (Wildman–Crippen LogP) is 0.315. The van der Waals surface area contributed by atoms with Crippen LogP contribution >= 0.6 is 0 Å². The maximum atomic E-state index is 12.2. The van der Waals surface area contributed by atoms with Crippen molar-refractivity contribution in [3.63, 3.8) is 0 Å². The van der Waals surface area contributed by atoms with Gasteiger partial charge in [0.05, 0.1) is 13.0 Å². The first-order chi connectivity index (χ1) is 8.41. The maximum absolute atomic E-state index is 12.2. The van der Waals surface area contributed by atoms with Crippen LogP contribution in [0.15, 0.2) is 35.8 Å². The van der Waals surface area contributed by atoms with E-state index in [1.54, 1.807) is 18.2 Å². The Morgan fingerprint density at radius 1 is 1.39 bits per heavy atom. The highest BCUT2D eigenvalue weighted by molar-refractivity contribution is 7.90. The van der Waals surface area contributed by atoms with Gasteiger partial charge in [0.15, 0.2) is 5.70 Å². The van der Waals surface area contributed by atoms with Gasteiger partial charge in [-0.2, -0.15) is 0 Å². The summed E-state index contributed by atoms with van der Waals surface area (Å²) in [7, 11) is -1.37. The topological polar surface area (TPSA) is 83.9 Å². The van der Waals surface area contributed by atoms with Crippen molar-refractivity contribution in [1.29, 1.82) is 0 Å². The third-order valence-electron chi connectivity index (χ3n) is 3.06. The molecule has 0 saturated carbocycles. The van der Waals surface area contributed by atoms with Gasteiger partial charge in [-0.15, -0.1) is 0 Å². The molecular formula is C11H13NO5S. The Morgan fingerprint density at radius 2 is 2.00 bits per heavy atom. The molecule has 0 fully saturated rings. The number of sulfonamides is 1. The third-order valence-corrected chi connectivity index (χ3v) is 5.15. The van der Waals surface area contributed by atoms with Crippen LogP contribution in [0.3, 0.4) is 0 Å². The van der Waals surface area contributed by atoms with E-state index in [9.17, 15) is 18.3 Å². The van der Waals surface area contributed by atoms with Crippen molar-refractivity contribution in [2.24, 2.45) is 5.92 Å². The normalized spacial score (nSPS) is 29.1. The van der Waals surface area contributed by atoms with Crippen LogP contribution in [0.5, 0.6) is 0 Å². The van der Waals surface area contributed by atoms with Gasteiger partial charge in [-0.05, 0) is 0 Å². The molecule has 1 heterocycles. The van der Waals surface area contributed by atoms with Crippen LogP contribution in [0, 0.1) is 5.92 Å². The number of likely N-dealkylation sites (N-methyl/N-ethyl adjacent to an activating group) is 1. The molecule has 0 amide bonds. The number of aliphatic hydroxyl groups excluding tert-OH is 1. The summed E-state index contributed by atoms with van der Waals surface area (Å²) >= 11 is 0. The first-order valence-electron chi connectivity index (χ1n) is 5.25. The average molecular weight is 271 g/mol. The fourth-order valence-electron chi connectivity index (χ4n) is 2.08. The molecule has 1 N–H and O–H groups in total. The van der Waals surface area contributed by atoms with Crippen molar-refractivity contribution in [1.82, 2.24) is 4.31 Å². The molecule has 6 nitrogen and oxygen atoms in total. The average Bonchev–Trinajstić information content (AvgIpc) is 2.37. The Labute approximate surface area is 105 Å². The number of hydrogen-bond acceptors (Lipinski definition) is 5. The summed E-state index contributed by atoms with van der Waals surface area (Å²) < 4.78 is 29.7. The molecule has 98 valence electrons. The summed E-state index contributed by atoms with van der Waals surface area (Å²) in [6.07, 6.45) is 6.27. The number of nitrogens with zero attached hydrogens (tertiary/aromatic N) is 1. The largest absolute Gasteiger partial charge is 0.509 e. The van der Waals surface area contributed by atoms with Crippen molar-refractivity contribution < 1.29 is 23.1 Å². The lowest BCUT2D eigenvalue weighted by atomic mass is 9.96. The predicted molar refractivity (Wildman–Crippen MR) is 63.9 cm³/mol. The van der Waals surface area contributed by atoms with Crippen molar-refractivity contribution in [2.45, 2.75) is 5.25 Å². The van der Waals surface area contributed by atoms with E-state index in [-0.39, 0.29) is 11.5 Å². The smallest absolute Gasteiger partial charge is 0.358 e. The molecular weight excluding hydrogens is 258 g/mol. The number of rotatable bonds is 1. The lowest BCUT2D eigenvalue weighted by molar-refractivity contribution is -0.137. The first kappa shape index (κ1) is 12.7. The molecule has 18 heavy (non-hydrogen) atoms. The second kappa shape index (κ2) is 4.16. The van der Waals surface area contributed by atoms with Gasteiger partial charge in [-0.3, -0.25) is 4.31 Å². The van der Waals surface area contributed by atoms with Crippen LogP contribution in [-0.2, 0) is 19.6 Å². The van der Waals surface area contributed by atoms with Gasteiger partial charge in [-0.1, -0.05) is 24.3 Å². The summed E-state index contributed by atoms with van der Waals surface area (Å²) in [5, 5.41) is 9.17. The van der Waals surface area contributed by atoms with E-state index in [2.05, 4.69) is 4.74 Å². The number of allylic oxidation sites excluding steroid dienone is 3. The Morgan fingerprint density at radius 3 is 2.61 bits per heavy atom. The van der Waals surface area contributed by atoms with E-state index in [1.165, 1.54) is 13.1 Å². The zero-order chi connectivity index (χ0) is 13.5. The molecule has 0 unspecified atom stereocenters. The van der Waals surface area contributed by atoms with Crippen LogP contribution < -0.4 is 0 Å². The van der Waals surface area contributed by atoms with Crippen LogP contribution in [0.1, 0.15) is 0 Å². The van der Waals surface area contributed by atoms with Crippen LogP contribution in [-0.4, -0.2) is 43.2 Å². The number of methoxy groups -OCH3 is 1. The number of carbonyl (C=O) groups excluding carboxylic acids is 1. The summed E-state index contributed by atoms with van der Waals surface area (Å²) in [6.45, 7) is 0. The van der Waals surface area contributed by atoms with E-state index in [0.717, 1.165) is 11.4 Å². The van der Waals surface area contributed by atoms with Gasteiger partial charge in [0, 0.05) is 7.05 Å². The molecule has 2 aliphatic rings. The van der Waals surface area contributed by atoms with Gasteiger partial charge >= 0.3 is 5.97 Å². The van der Waals surface area contributed by atoms with Crippen molar-refractivity contribution in [2.75, 3.05) is 14.2 Å². The van der Waals surface area contributed by atoms with Crippen LogP contribution in [0.25, 0.3) is 0 Å². The number of esters is 1. The summed E-state index contributed by atoms with van der Waals surface area (Å²) in [5.74, 6) is -1.91. The van der Waals surface area contributed by atoms with Crippen molar-refractivity contribution >= 4 is 16.0 Å². The van der Waals surface area contributed by atoms with Gasteiger partial charge in [0.25, 0.3) is 0 Å². The van der Waals surface area contributed by atoms with Gasteiger partial charge in [0.2, 0.25) is 10.0 Å². The highest BCUT2D eigenvalue weighted by atomic mass is 32.2. The summed E-state index contributed by atoms with van der Waals surface area (Å²) in [4.78, 5) is 11.6. The monoisotopic (exact) mass is 271 g/mol. The zero-order valence-electron chi connectivity index (χ0n) is 9.90. The van der Waals surface area contributed by atoms with Crippen LogP contribution in [0.2, 0.25) is 0 Å². The molecule has 1 aliphatic carbocycles. The number of fused-ring (bicyclic) bond motifs is 1. The molecule has 0 spiro atoms. The third kappa shape index (κ3) is 1.62. The molecule has 2 rings (SSSR count). The lowest BCUT2D eigenvalue weighted by Gasteiger charge is -2.35. The standard InChI is InChI=1S/C11H13NO5S/c1-12-9(11(14)17-2)10(13)7-5-3-4-6-8(7)18(12,15)16/h3-8,13H,1-2H3/t7-,8+/m0/s1. The Balaban J connectivity index is 2.63. The van der Waals surface area contributed by atoms with Gasteiger partial charge < -0.3 is 9.84 Å². The lowest BCUT2D eigenvalue weighted by Crippen LogP contribution is -2.46. The van der Waals surface area contributed by atoms with Gasteiger partial charge in [-0.25, -0.2) is 13.2 Å². The zero-order valence-corrected chi connectivity index (χ0v) is 10.7.